The van der Waals surface area contributed by atoms with Crippen molar-refractivity contribution in [1.29, 1.82) is 0 Å². The van der Waals surface area contributed by atoms with Crippen LogP contribution in [0.4, 0.5) is 0 Å². The zero-order valence-corrected chi connectivity index (χ0v) is 40.6. The van der Waals surface area contributed by atoms with E-state index in [1.807, 2.05) is 63.7 Å². The first kappa shape index (κ1) is 60.1. The largest absolute Gasteiger partial charge is 0.472 e. The first-order valence-corrected chi connectivity index (χ1v) is 24.6. The summed E-state index contributed by atoms with van der Waals surface area (Å²) in [6, 6.07) is 0. The van der Waals surface area contributed by atoms with Crippen molar-refractivity contribution in [3.8, 4) is 0 Å². The Balaban J connectivity index is 4.67. The lowest BCUT2D eigenvalue weighted by molar-refractivity contribution is -0.870. The second kappa shape index (κ2) is 41.8. The third kappa shape index (κ3) is 44.7. The van der Waals surface area contributed by atoms with E-state index >= 15 is 0 Å². The van der Waals surface area contributed by atoms with Crippen LogP contribution in [0.15, 0.2) is 134 Å². The Hall–Kier alpha value is -3.93. The molecule has 360 valence electrons. The van der Waals surface area contributed by atoms with Gasteiger partial charge in [-0.3, -0.25) is 18.6 Å². The smallest absolute Gasteiger partial charge is 0.462 e. The first-order valence-electron chi connectivity index (χ1n) is 23.1. The van der Waals surface area contributed by atoms with Crippen molar-refractivity contribution in [3.63, 3.8) is 0 Å². The van der Waals surface area contributed by atoms with Crippen LogP contribution in [0.1, 0.15) is 117 Å². The van der Waals surface area contributed by atoms with Crippen LogP contribution in [0.5, 0.6) is 0 Å². The molecule has 3 N–H and O–H groups in total. The van der Waals surface area contributed by atoms with Crippen molar-refractivity contribution in [3.05, 3.63) is 134 Å². The van der Waals surface area contributed by atoms with Gasteiger partial charge in [-0.05, 0) is 83.5 Å². The van der Waals surface area contributed by atoms with Crippen LogP contribution in [-0.4, -0.2) is 97.3 Å². The molecule has 0 radical (unpaired) electrons. The number of nitrogens with zero attached hydrogens (tertiary/aromatic N) is 1. The van der Waals surface area contributed by atoms with Crippen molar-refractivity contribution in [2.45, 2.75) is 135 Å². The van der Waals surface area contributed by atoms with E-state index in [0.29, 0.717) is 43.1 Å². The molecule has 0 aliphatic rings. The quantitative estimate of drug-likeness (QED) is 0.0136. The Labute approximate surface area is 386 Å². The van der Waals surface area contributed by atoms with Crippen molar-refractivity contribution in [2.75, 3.05) is 47.5 Å². The van der Waals surface area contributed by atoms with Crippen LogP contribution in [0.25, 0.3) is 0 Å². The van der Waals surface area contributed by atoms with E-state index in [9.17, 15) is 29.3 Å². The number of likely N-dealkylation sites (N-methyl/N-ethyl adjacent to an activating group) is 1. The summed E-state index contributed by atoms with van der Waals surface area (Å²) < 4.78 is 34.1. The number of hydrogen-bond acceptors (Lipinski definition) is 9. The van der Waals surface area contributed by atoms with E-state index in [2.05, 4.69) is 74.6 Å². The molecule has 0 rings (SSSR count). The molecule has 0 heterocycles. The van der Waals surface area contributed by atoms with Gasteiger partial charge in [-0.15, -0.1) is 0 Å². The number of aliphatic hydroxyl groups is 2. The predicted molar refractivity (Wildman–Crippen MR) is 263 cm³/mol. The molecule has 0 spiro atoms. The molecule has 64 heavy (non-hydrogen) atoms. The number of hydrogen-bond donors (Lipinski definition) is 3. The van der Waals surface area contributed by atoms with Crippen molar-refractivity contribution < 1.29 is 52.3 Å². The van der Waals surface area contributed by atoms with Gasteiger partial charge >= 0.3 is 19.8 Å². The summed E-state index contributed by atoms with van der Waals surface area (Å²) in [6.45, 7) is 3.81. The van der Waals surface area contributed by atoms with Crippen molar-refractivity contribution >= 4 is 19.8 Å². The molecular weight excluding hydrogens is 830 g/mol. The fourth-order valence-corrected chi connectivity index (χ4v) is 5.99. The van der Waals surface area contributed by atoms with Gasteiger partial charge in [0, 0.05) is 12.8 Å². The number of ether oxygens (including phenoxy) is 2. The molecule has 1 unspecified atom stereocenters. The number of phosphoric ester groups is 1. The SMILES string of the molecule is CC/C=C\C/C=C\C/C=C\C/C=C\C/C=C\CCCCCC(=O)OC[C@H](COP(=O)(O)OCC[N+](C)(C)C)OC(=O)CCC/C=C\[C@@H](O)/C=C/C=C\C/C=C\C=C\[C@@H](O)C/C=C\CC. The average Bonchev–Trinajstić information content (AvgIpc) is 3.24. The minimum atomic E-state index is -4.45. The summed E-state index contributed by atoms with van der Waals surface area (Å²) in [5.41, 5.74) is 0. The predicted octanol–water partition coefficient (Wildman–Crippen LogP) is 11.4. The van der Waals surface area contributed by atoms with E-state index < -0.39 is 44.7 Å². The normalized spacial score (nSPS) is 15.7. The maximum atomic E-state index is 12.7. The van der Waals surface area contributed by atoms with Crippen molar-refractivity contribution in [1.82, 2.24) is 0 Å². The van der Waals surface area contributed by atoms with E-state index in [0.717, 1.165) is 57.8 Å². The highest BCUT2D eigenvalue weighted by molar-refractivity contribution is 7.47. The Morgan fingerprint density at radius 1 is 0.578 bits per heavy atom. The van der Waals surface area contributed by atoms with Gasteiger partial charge in [-0.25, -0.2) is 4.57 Å². The molecule has 0 aromatic rings. The maximum Gasteiger partial charge on any atom is 0.472 e. The van der Waals surface area contributed by atoms with Crippen LogP contribution < -0.4 is 0 Å². The van der Waals surface area contributed by atoms with Crippen LogP contribution in [0, 0.1) is 0 Å². The van der Waals surface area contributed by atoms with E-state index in [1.54, 1.807) is 30.4 Å². The molecule has 4 atom stereocenters. The van der Waals surface area contributed by atoms with Gasteiger partial charge in [-0.1, -0.05) is 154 Å². The maximum absolute atomic E-state index is 12.7. The number of phosphoric acid groups is 1. The summed E-state index contributed by atoms with van der Waals surface area (Å²) in [4.78, 5) is 35.4. The molecule has 0 bridgehead atoms. The van der Waals surface area contributed by atoms with Gasteiger partial charge in [0.1, 0.15) is 19.8 Å². The summed E-state index contributed by atoms with van der Waals surface area (Å²) in [5.74, 6) is -1.04. The number of rotatable bonds is 39. The van der Waals surface area contributed by atoms with Crippen LogP contribution in [0.2, 0.25) is 0 Å². The summed E-state index contributed by atoms with van der Waals surface area (Å²) in [6.07, 6.45) is 52.9. The molecule has 0 aromatic heterocycles. The molecule has 11 nitrogen and oxygen atoms in total. The number of allylic oxidation sites excluding steroid dienone is 18. The first-order chi connectivity index (χ1) is 30.8. The Kier molecular flexibility index (Phi) is 39.2. The lowest BCUT2D eigenvalue weighted by Crippen LogP contribution is -2.37. The lowest BCUT2D eigenvalue weighted by atomic mass is 10.1. The van der Waals surface area contributed by atoms with Gasteiger partial charge in [0.2, 0.25) is 0 Å². The van der Waals surface area contributed by atoms with Crippen LogP contribution in [-0.2, 0) is 32.7 Å². The molecule has 0 saturated heterocycles. The minimum absolute atomic E-state index is 0.0207. The Bertz CT molecular complexity index is 1580. The van der Waals surface area contributed by atoms with Gasteiger partial charge in [0.05, 0.1) is 40.0 Å². The van der Waals surface area contributed by atoms with Crippen LogP contribution >= 0.6 is 7.82 Å². The lowest BCUT2D eigenvalue weighted by Gasteiger charge is -2.24. The highest BCUT2D eigenvalue weighted by atomic mass is 31.2. The number of quaternary nitrogens is 1. The molecule has 12 heteroatoms. The topological polar surface area (TPSA) is 149 Å². The number of aliphatic hydroxyl groups excluding tert-OH is 2. The van der Waals surface area contributed by atoms with Gasteiger partial charge in [0.25, 0.3) is 0 Å². The third-order valence-corrected chi connectivity index (χ3v) is 9.84. The van der Waals surface area contributed by atoms with Crippen LogP contribution in [0.3, 0.4) is 0 Å². The second-order valence-corrected chi connectivity index (χ2v) is 17.5. The van der Waals surface area contributed by atoms with Gasteiger partial charge in [0.15, 0.2) is 6.10 Å². The second-order valence-electron chi connectivity index (χ2n) is 16.1. The average molecular weight is 913 g/mol. The Morgan fingerprint density at radius 3 is 1.75 bits per heavy atom. The van der Waals surface area contributed by atoms with E-state index in [1.165, 1.54) is 0 Å². The Morgan fingerprint density at radius 2 is 1.12 bits per heavy atom. The minimum Gasteiger partial charge on any atom is -0.462 e. The molecule has 0 aliphatic heterocycles. The molecule has 0 saturated carbocycles. The van der Waals surface area contributed by atoms with E-state index in [-0.39, 0.29) is 26.1 Å². The number of carbonyl (C=O) groups excluding carboxylic acids is 2. The molecular formula is C52H83NO10P+. The highest BCUT2D eigenvalue weighted by Crippen LogP contribution is 2.43. The standard InChI is InChI=1S/C52H82NO10P/c1-6-8-10-11-12-13-14-15-16-17-18-19-20-21-22-23-27-30-36-42-51(56)60-46-50(47-62-64(58,59)61-45-44-53(3,4)5)63-52(57)43-37-31-35-41-49(55)40-34-29-26-24-25-28-33-39-48(54)38-32-9-7-2/h8-10,12-13,15-16,18-19,21-22,25-26,28-29,32-35,39-41,48-50,54-55H,6-7,11,14,17,20,23-24,27,30-31,36-38,42-47H2,1-5H3/p+1/b10-8-,13-12-,16-15-,19-18-,22-21-,28-25-,29-26-,32-9-,39-33+,40-34+,41-35-/t48-,49-,50+/m0/s1. The molecule has 0 aliphatic carbocycles. The monoisotopic (exact) mass is 913 g/mol. The zero-order chi connectivity index (χ0) is 47.4. The molecule has 0 fully saturated rings. The van der Waals surface area contributed by atoms with E-state index in [4.69, 9.17) is 18.5 Å². The fraction of sp³-hybridized carbons (Fsp3) is 0.538. The molecule has 0 amide bonds. The number of esters is 2. The fourth-order valence-electron chi connectivity index (χ4n) is 5.25. The number of unbranched alkanes of at least 4 members (excludes halogenated alkanes) is 4. The third-order valence-electron chi connectivity index (χ3n) is 8.85. The van der Waals surface area contributed by atoms with Crippen molar-refractivity contribution in [2.24, 2.45) is 0 Å². The van der Waals surface area contributed by atoms with Gasteiger partial charge in [-0.2, -0.15) is 0 Å². The summed E-state index contributed by atoms with van der Waals surface area (Å²) >= 11 is 0. The summed E-state index contributed by atoms with van der Waals surface area (Å²) in [7, 11) is 1.30. The van der Waals surface area contributed by atoms with Gasteiger partial charge < -0.3 is 29.1 Å². The zero-order valence-electron chi connectivity index (χ0n) is 39.7. The number of carbonyl (C=O) groups is 2. The highest BCUT2D eigenvalue weighted by Gasteiger charge is 2.27. The molecule has 0 aromatic carbocycles. The summed E-state index contributed by atoms with van der Waals surface area (Å²) in [5, 5.41) is 20.1.